The van der Waals surface area contributed by atoms with E-state index in [1.807, 2.05) is 18.2 Å². The van der Waals surface area contributed by atoms with Crippen LogP contribution in [-0.2, 0) is 4.79 Å². The molecular weight excluding hydrogens is 386 g/mol. The summed E-state index contributed by atoms with van der Waals surface area (Å²) in [7, 11) is 0. The number of nitrogens with one attached hydrogen (secondary N) is 3. The molecule has 1 fully saturated rings. The lowest BCUT2D eigenvalue weighted by atomic mass is 10.0. The van der Waals surface area contributed by atoms with Crippen LogP contribution >= 0.6 is 0 Å². The van der Waals surface area contributed by atoms with Gasteiger partial charge in [0.2, 0.25) is 5.91 Å². The molecular formula is C20H25N7O3. The smallest absolute Gasteiger partial charge is 0.287 e. The van der Waals surface area contributed by atoms with Crippen LogP contribution in [0.15, 0.2) is 34.7 Å². The van der Waals surface area contributed by atoms with Crippen molar-refractivity contribution in [3.8, 4) is 0 Å². The Morgan fingerprint density at radius 3 is 2.93 bits per heavy atom. The SMILES string of the molecule is NCCC[C@H](NC(=O)c1cc2ccccc2o1)C(=O)N[C@H]1CCC[C@H]1c1nn[nH]n1. The van der Waals surface area contributed by atoms with Crippen LogP contribution in [0.4, 0.5) is 0 Å². The van der Waals surface area contributed by atoms with Crippen LogP contribution in [0.2, 0.25) is 0 Å². The van der Waals surface area contributed by atoms with Gasteiger partial charge in [0.15, 0.2) is 11.6 Å². The van der Waals surface area contributed by atoms with Gasteiger partial charge in [0.05, 0.1) is 0 Å². The molecule has 1 aromatic carbocycles. The Hall–Kier alpha value is -3.27. The van der Waals surface area contributed by atoms with Gasteiger partial charge in [0, 0.05) is 17.3 Å². The number of amides is 2. The molecule has 0 unspecified atom stereocenters. The van der Waals surface area contributed by atoms with Crippen LogP contribution in [0.1, 0.15) is 54.4 Å². The number of hydrogen-bond donors (Lipinski definition) is 4. The monoisotopic (exact) mass is 411 g/mol. The first-order chi connectivity index (χ1) is 14.7. The summed E-state index contributed by atoms with van der Waals surface area (Å²) in [4.78, 5) is 25.7. The summed E-state index contributed by atoms with van der Waals surface area (Å²) in [5.74, 6) is 0.113. The highest BCUT2D eigenvalue weighted by molar-refractivity contribution is 5.98. The van der Waals surface area contributed by atoms with Gasteiger partial charge >= 0.3 is 0 Å². The average Bonchev–Trinajstić information content (AvgIpc) is 3.50. The largest absolute Gasteiger partial charge is 0.451 e. The number of carbonyl (C=O) groups is 2. The van der Waals surface area contributed by atoms with E-state index in [4.69, 9.17) is 10.2 Å². The zero-order valence-electron chi connectivity index (χ0n) is 16.5. The highest BCUT2D eigenvalue weighted by atomic mass is 16.3. The highest BCUT2D eigenvalue weighted by Crippen LogP contribution is 2.32. The first-order valence-corrected chi connectivity index (χ1v) is 10.2. The average molecular weight is 411 g/mol. The lowest BCUT2D eigenvalue weighted by Gasteiger charge is -2.23. The summed E-state index contributed by atoms with van der Waals surface area (Å²) in [6.07, 6.45) is 3.71. The molecule has 10 nitrogen and oxygen atoms in total. The molecule has 0 spiro atoms. The summed E-state index contributed by atoms with van der Waals surface area (Å²) >= 11 is 0. The van der Waals surface area contributed by atoms with E-state index in [1.54, 1.807) is 12.1 Å². The fourth-order valence-corrected chi connectivity index (χ4v) is 3.97. The van der Waals surface area contributed by atoms with Crippen LogP contribution in [0.3, 0.4) is 0 Å². The summed E-state index contributed by atoms with van der Waals surface area (Å²) in [6, 6.07) is 8.24. The van der Waals surface area contributed by atoms with Crippen LogP contribution in [0, 0.1) is 0 Å². The lowest BCUT2D eigenvalue weighted by Crippen LogP contribution is -2.50. The van der Waals surface area contributed by atoms with Gasteiger partial charge < -0.3 is 20.8 Å². The first kappa shape index (κ1) is 20.0. The van der Waals surface area contributed by atoms with Crippen molar-refractivity contribution in [1.29, 1.82) is 0 Å². The molecule has 0 saturated heterocycles. The third-order valence-electron chi connectivity index (χ3n) is 5.51. The Labute approximate surface area is 173 Å². The number of benzene rings is 1. The van der Waals surface area contributed by atoms with Crippen molar-refractivity contribution >= 4 is 22.8 Å². The van der Waals surface area contributed by atoms with Crippen LogP contribution in [0.25, 0.3) is 11.0 Å². The Balaban J connectivity index is 1.44. The molecule has 1 aliphatic rings. The molecule has 2 amide bonds. The number of para-hydroxylation sites is 1. The number of furan rings is 1. The van der Waals surface area contributed by atoms with E-state index in [0.717, 1.165) is 24.6 Å². The van der Waals surface area contributed by atoms with Gasteiger partial charge in [0.1, 0.15) is 11.6 Å². The minimum atomic E-state index is -0.708. The third kappa shape index (κ3) is 4.33. The summed E-state index contributed by atoms with van der Waals surface area (Å²) in [6.45, 7) is 0.430. The summed E-state index contributed by atoms with van der Waals surface area (Å²) in [5, 5.41) is 20.9. The molecule has 1 saturated carbocycles. The Bertz CT molecular complexity index is 968. The highest BCUT2D eigenvalue weighted by Gasteiger charge is 2.34. The summed E-state index contributed by atoms with van der Waals surface area (Å²) < 4.78 is 5.62. The maximum absolute atomic E-state index is 13.0. The van der Waals surface area contributed by atoms with Crippen LogP contribution in [0.5, 0.6) is 0 Å². The van der Waals surface area contributed by atoms with E-state index in [0.29, 0.717) is 30.8 Å². The second-order valence-electron chi connectivity index (χ2n) is 7.53. The van der Waals surface area contributed by atoms with E-state index in [9.17, 15) is 9.59 Å². The van der Waals surface area contributed by atoms with Crippen LogP contribution < -0.4 is 16.4 Å². The number of nitrogens with zero attached hydrogens (tertiary/aromatic N) is 3. The Kier molecular flexibility index (Phi) is 6.03. The van der Waals surface area contributed by atoms with Crippen LogP contribution in [-0.4, -0.2) is 51.1 Å². The van der Waals surface area contributed by atoms with Gasteiger partial charge in [-0.1, -0.05) is 29.8 Å². The predicted octanol–water partition coefficient (Wildman–Crippen LogP) is 1.24. The maximum Gasteiger partial charge on any atom is 0.287 e. The minimum Gasteiger partial charge on any atom is -0.451 e. The molecule has 3 atom stereocenters. The lowest BCUT2D eigenvalue weighted by molar-refractivity contribution is -0.123. The molecule has 2 heterocycles. The maximum atomic E-state index is 13.0. The van der Waals surface area contributed by atoms with E-state index < -0.39 is 11.9 Å². The molecule has 158 valence electrons. The Morgan fingerprint density at radius 1 is 1.30 bits per heavy atom. The standard InChI is InChI=1S/C20H25N7O3/c21-10-4-8-15(23-20(29)17-11-12-5-1-2-9-16(12)30-17)19(28)22-14-7-3-6-13(14)18-24-26-27-25-18/h1-2,5,9,11,13-15H,3-4,6-8,10,21H2,(H,22,28)(H,23,29)(H,24,25,26,27)/t13-,14+,15+/m1/s1. The molecule has 30 heavy (non-hydrogen) atoms. The number of tetrazole rings is 1. The molecule has 0 radical (unpaired) electrons. The number of fused-ring (bicyclic) bond motifs is 1. The number of hydrogen-bond acceptors (Lipinski definition) is 7. The van der Waals surface area contributed by atoms with Crippen molar-refractivity contribution in [2.24, 2.45) is 5.73 Å². The number of carbonyl (C=O) groups excluding carboxylic acids is 2. The number of aromatic amines is 1. The van der Waals surface area contributed by atoms with Crippen molar-refractivity contribution in [3.05, 3.63) is 41.9 Å². The second kappa shape index (κ2) is 9.04. The zero-order valence-corrected chi connectivity index (χ0v) is 16.5. The van der Waals surface area contributed by atoms with Crippen molar-refractivity contribution in [2.45, 2.75) is 50.1 Å². The quantitative estimate of drug-likeness (QED) is 0.435. The fourth-order valence-electron chi connectivity index (χ4n) is 3.97. The Morgan fingerprint density at radius 2 is 2.17 bits per heavy atom. The molecule has 2 aromatic heterocycles. The zero-order chi connectivity index (χ0) is 20.9. The number of nitrogens with two attached hydrogens (primary N) is 1. The molecule has 0 bridgehead atoms. The van der Waals surface area contributed by atoms with Gasteiger partial charge in [-0.25, -0.2) is 0 Å². The third-order valence-corrected chi connectivity index (χ3v) is 5.51. The summed E-state index contributed by atoms with van der Waals surface area (Å²) in [5.41, 5.74) is 6.25. The van der Waals surface area contributed by atoms with Crippen molar-refractivity contribution in [3.63, 3.8) is 0 Å². The predicted molar refractivity (Wildman–Crippen MR) is 108 cm³/mol. The second-order valence-corrected chi connectivity index (χ2v) is 7.53. The molecule has 0 aliphatic heterocycles. The molecule has 1 aliphatic carbocycles. The molecule has 3 aromatic rings. The van der Waals surface area contributed by atoms with Gasteiger partial charge in [-0.05, 0) is 44.4 Å². The van der Waals surface area contributed by atoms with Crippen molar-refractivity contribution in [2.75, 3.05) is 6.54 Å². The molecule has 4 rings (SSSR count). The van der Waals surface area contributed by atoms with Gasteiger partial charge in [-0.2, -0.15) is 5.21 Å². The number of H-pyrrole nitrogens is 1. The van der Waals surface area contributed by atoms with E-state index in [1.165, 1.54) is 0 Å². The topological polar surface area (TPSA) is 152 Å². The van der Waals surface area contributed by atoms with Crippen molar-refractivity contribution < 1.29 is 14.0 Å². The number of aromatic nitrogens is 4. The van der Waals surface area contributed by atoms with Gasteiger partial charge in [-0.3, -0.25) is 9.59 Å². The fraction of sp³-hybridized carbons (Fsp3) is 0.450. The first-order valence-electron chi connectivity index (χ1n) is 10.2. The number of rotatable bonds is 8. The van der Waals surface area contributed by atoms with E-state index in [2.05, 4.69) is 31.3 Å². The molecule has 5 N–H and O–H groups in total. The normalized spacial score (nSPS) is 19.6. The van der Waals surface area contributed by atoms with Gasteiger partial charge in [0.25, 0.3) is 5.91 Å². The van der Waals surface area contributed by atoms with Gasteiger partial charge in [-0.15, -0.1) is 10.2 Å². The van der Waals surface area contributed by atoms with E-state index in [-0.39, 0.29) is 23.6 Å². The molecule has 10 heteroatoms. The minimum absolute atomic E-state index is 0.00827. The van der Waals surface area contributed by atoms with E-state index >= 15 is 0 Å². The van der Waals surface area contributed by atoms with Crippen molar-refractivity contribution in [1.82, 2.24) is 31.3 Å².